The number of fused-ring (bicyclic) bond motifs is 3. The second-order valence-corrected chi connectivity index (χ2v) is 11.5. The van der Waals surface area contributed by atoms with E-state index < -0.39 is 0 Å². The lowest BCUT2D eigenvalue weighted by Gasteiger charge is -2.63. The zero-order valence-electron chi connectivity index (χ0n) is 17.1. The highest BCUT2D eigenvalue weighted by Gasteiger charge is 2.61. The third kappa shape index (κ3) is 2.53. The Morgan fingerprint density at radius 1 is 0.920 bits per heavy atom. The summed E-state index contributed by atoms with van der Waals surface area (Å²) in [6.07, 6.45) is 8.96. The molecule has 2 heteroatoms. The van der Waals surface area contributed by atoms with Gasteiger partial charge in [-0.2, -0.15) is 0 Å². The highest BCUT2D eigenvalue weighted by atomic mass is 16.5. The fraction of sp³-hybridized carbons (Fsp3) is 0.870. The molecule has 4 rings (SSSR count). The topological polar surface area (TPSA) is 26.3 Å². The number of hydrogen-bond acceptors (Lipinski definition) is 2. The molecule has 0 bridgehead atoms. The predicted octanol–water partition coefficient (Wildman–Crippen LogP) is 6.05. The van der Waals surface area contributed by atoms with E-state index in [-0.39, 0.29) is 11.0 Å². The van der Waals surface area contributed by atoms with Crippen LogP contribution in [0.3, 0.4) is 0 Å². The van der Waals surface area contributed by atoms with E-state index in [1.807, 2.05) is 0 Å². The second kappa shape index (κ2) is 5.14. The summed E-state index contributed by atoms with van der Waals surface area (Å²) in [4.78, 5) is 12.9. The first-order valence-electron chi connectivity index (χ1n) is 10.4. The molecule has 4 unspecified atom stereocenters. The Morgan fingerprint density at radius 2 is 1.64 bits per heavy atom. The molecule has 2 saturated carbocycles. The first kappa shape index (κ1) is 17.6. The summed E-state index contributed by atoms with van der Waals surface area (Å²) >= 11 is 0. The monoisotopic (exact) mass is 344 g/mol. The SMILES string of the molecule is CC1(C)CC(=O)C2=C(C1)OC1(C)CCC3C(C)(C)CCCC3(C)C1C2. The number of carbonyl (C=O) groups is 1. The van der Waals surface area contributed by atoms with Crippen molar-refractivity contribution in [2.75, 3.05) is 0 Å². The average Bonchev–Trinajstić information content (AvgIpc) is 2.43. The molecular weight excluding hydrogens is 308 g/mol. The number of ketones is 1. The summed E-state index contributed by atoms with van der Waals surface area (Å²) in [7, 11) is 0. The lowest BCUT2D eigenvalue weighted by atomic mass is 9.44. The van der Waals surface area contributed by atoms with E-state index in [1.165, 1.54) is 25.7 Å². The van der Waals surface area contributed by atoms with Gasteiger partial charge in [0, 0.05) is 24.3 Å². The molecule has 2 fully saturated rings. The molecule has 0 amide bonds. The van der Waals surface area contributed by atoms with Gasteiger partial charge in [0.15, 0.2) is 5.78 Å². The largest absolute Gasteiger partial charge is 0.491 e. The van der Waals surface area contributed by atoms with Gasteiger partial charge in [0.1, 0.15) is 11.4 Å². The van der Waals surface area contributed by atoms with E-state index in [0.717, 1.165) is 36.5 Å². The molecule has 1 aliphatic heterocycles. The Kier molecular flexibility index (Phi) is 3.62. The highest BCUT2D eigenvalue weighted by Crippen LogP contribution is 2.65. The van der Waals surface area contributed by atoms with Crippen molar-refractivity contribution < 1.29 is 9.53 Å². The van der Waals surface area contributed by atoms with Gasteiger partial charge in [0.05, 0.1) is 0 Å². The zero-order valence-corrected chi connectivity index (χ0v) is 17.1. The molecule has 0 saturated heterocycles. The summed E-state index contributed by atoms with van der Waals surface area (Å²) in [6, 6.07) is 0. The molecule has 0 aromatic carbocycles. The summed E-state index contributed by atoms with van der Waals surface area (Å²) in [5.74, 6) is 2.64. The van der Waals surface area contributed by atoms with Gasteiger partial charge in [-0.1, -0.05) is 41.0 Å². The Bertz CT molecular complexity index is 640. The fourth-order valence-corrected chi connectivity index (χ4v) is 7.29. The van der Waals surface area contributed by atoms with Crippen LogP contribution >= 0.6 is 0 Å². The van der Waals surface area contributed by atoms with Gasteiger partial charge in [-0.25, -0.2) is 0 Å². The van der Waals surface area contributed by atoms with Crippen molar-refractivity contribution in [3.63, 3.8) is 0 Å². The average molecular weight is 345 g/mol. The minimum Gasteiger partial charge on any atom is -0.491 e. The smallest absolute Gasteiger partial charge is 0.162 e. The van der Waals surface area contributed by atoms with Crippen LogP contribution in [0.15, 0.2) is 11.3 Å². The van der Waals surface area contributed by atoms with Crippen LogP contribution in [0.4, 0.5) is 0 Å². The van der Waals surface area contributed by atoms with Gasteiger partial charge < -0.3 is 4.74 Å². The van der Waals surface area contributed by atoms with Crippen molar-refractivity contribution in [2.45, 2.75) is 98.5 Å². The minimum absolute atomic E-state index is 0.0487. The summed E-state index contributed by atoms with van der Waals surface area (Å²) in [5, 5.41) is 0. The molecule has 2 nitrogen and oxygen atoms in total. The van der Waals surface area contributed by atoms with Crippen LogP contribution in [0.2, 0.25) is 0 Å². The lowest BCUT2D eigenvalue weighted by Crippen LogP contribution is -2.60. The standard InChI is InChI=1S/C23H36O2/c1-20(2)13-16(24)15-12-19-22(5)10-7-9-21(3,4)18(22)8-11-23(19,6)25-17(15)14-20/h18-19H,7-14H2,1-6H3. The van der Waals surface area contributed by atoms with Gasteiger partial charge in [-0.15, -0.1) is 0 Å². The number of hydrogen-bond donors (Lipinski definition) is 0. The van der Waals surface area contributed by atoms with E-state index in [4.69, 9.17) is 4.74 Å². The third-order valence-corrected chi connectivity index (χ3v) is 8.45. The minimum atomic E-state index is -0.0782. The molecule has 1 heterocycles. The molecule has 0 aromatic rings. The van der Waals surface area contributed by atoms with E-state index in [0.29, 0.717) is 29.0 Å². The Labute approximate surface area is 153 Å². The van der Waals surface area contributed by atoms with Gasteiger partial charge in [0.25, 0.3) is 0 Å². The van der Waals surface area contributed by atoms with Gasteiger partial charge in [-0.3, -0.25) is 4.79 Å². The van der Waals surface area contributed by atoms with Crippen LogP contribution in [-0.4, -0.2) is 11.4 Å². The Balaban J connectivity index is 1.74. The third-order valence-electron chi connectivity index (χ3n) is 8.45. The van der Waals surface area contributed by atoms with Crippen molar-refractivity contribution in [2.24, 2.45) is 28.1 Å². The lowest BCUT2D eigenvalue weighted by molar-refractivity contribution is -0.188. The maximum absolute atomic E-state index is 12.9. The van der Waals surface area contributed by atoms with Crippen LogP contribution < -0.4 is 0 Å². The molecule has 0 N–H and O–H groups in total. The number of allylic oxidation sites excluding steroid dienone is 2. The summed E-state index contributed by atoms with van der Waals surface area (Å²) in [6.45, 7) is 14.2. The van der Waals surface area contributed by atoms with E-state index in [1.54, 1.807) is 0 Å². The Morgan fingerprint density at radius 3 is 2.36 bits per heavy atom. The highest BCUT2D eigenvalue weighted by molar-refractivity contribution is 5.97. The Hall–Kier alpha value is -0.790. The van der Waals surface area contributed by atoms with E-state index in [2.05, 4.69) is 41.5 Å². The quantitative estimate of drug-likeness (QED) is 0.534. The summed E-state index contributed by atoms with van der Waals surface area (Å²) in [5.41, 5.74) is 1.74. The molecule has 0 radical (unpaired) electrons. The molecule has 3 aliphatic carbocycles. The van der Waals surface area contributed by atoms with Crippen LogP contribution in [0.1, 0.15) is 92.9 Å². The van der Waals surface area contributed by atoms with Crippen molar-refractivity contribution in [1.29, 1.82) is 0 Å². The van der Waals surface area contributed by atoms with Crippen molar-refractivity contribution in [1.82, 2.24) is 0 Å². The number of ether oxygens (including phenoxy) is 1. The van der Waals surface area contributed by atoms with Gasteiger partial charge in [0.2, 0.25) is 0 Å². The van der Waals surface area contributed by atoms with Gasteiger partial charge in [-0.05, 0) is 61.2 Å². The molecule has 4 atom stereocenters. The van der Waals surface area contributed by atoms with Gasteiger partial charge >= 0.3 is 0 Å². The van der Waals surface area contributed by atoms with Crippen molar-refractivity contribution in [3.8, 4) is 0 Å². The summed E-state index contributed by atoms with van der Waals surface area (Å²) < 4.78 is 6.73. The maximum atomic E-state index is 12.9. The number of carbonyl (C=O) groups excluding carboxylic acids is 1. The molecule has 4 aliphatic rings. The normalized spacial score (nSPS) is 45.1. The molecule has 140 valence electrons. The zero-order chi connectivity index (χ0) is 18.3. The number of Topliss-reactive ketones (excluding diaryl/α,β-unsaturated/α-hetero) is 1. The second-order valence-electron chi connectivity index (χ2n) is 11.5. The predicted molar refractivity (Wildman–Crippen MR) is 101 cm³/mol. The number of rotatable bonds is 0. The molecular formula is C23H36O2. The van der Waals surface area contributed by atoms with Crippen LogP contribution in [0.25, 0.3) is 0 Å². The first-order chi connectivity index (χ1) is 11.5. The maximum Gasteiger partial charge on any atom is 0.162 e. The van der Waals surface area contributed by atoms with Crippen LogP contribution in [-0.2, 0) is 9.53 Å². The van der Waals surface area contributed by atoms with Crippen molar-refractivity contribution >= 4 is 5.78 Å². The molecule has 25 heavy (non-hydrogen) atoms. The molecule has 0 aromatic heterocycles. The first-order valence-corrected chi connectivity index (χ1v) is 10.4. The van der Waals surface area contributed by atoms with E-state index in [9.17, 15) is 4.79 Å². The van der Waals surface area contributed by atoms with E-state index >= 15 is 0 Å². The molecule has 0 spiro atoms. The van der Waals surface area contributed by atoms with Crippen LogP contribution in [0, 0.1) is 28.1 Å². The fourth-order valence-electron chi connectivity index (χ4n) is 7.29. The van der Waals surface area contributed by atoms with Crippen LogP contribution in [0.5, 0.6) is 0 Å². The van der Waals surface area contributed by atoms with Crippen molar-refractivity contribution in [3.05, 3.63) is 11.3 Å².